The van der Waals surface area contributed by atoms with E-state index in [-0.39, 0.29) is 0 Å². The molecule has 6 heteroatoms. The van der Waals surface area contributed by atoms with Crippen LogP contribution in [0.3, 0.4) is 0 Å². The largest absolute Gasteiger partial charge is 0.493 e. The molecule has 2 aromatic carbocycles. The molecule has 2 rings (SSSR count). The minimum Gasteiger partial charge on any atom is -0.493 e. The third-order valence-corrected chi connectivity index (χ3v) is 4.25. The summed E-state index contributed by atoms with van der Waals surface area (Å²) in [6, 6.07) is 9.12. The first-order valence-corrected chi connectivity index (χ1v) is 9.37. The molecule has 0 aliphatic carbocycles. The number of halogens is 1. The highest BCUT2D eigenvalue weighted by molar-refractivity contribution is 9.10. The molecule has 0 bridgehead atoms. The van der Waals surface area contributed by atoms with Gasteiger partial charge in [-0.15, -0.1) is 6.58 Å². The van der Waals surface area contributed by atoms with Crippen molar-refractivity contribution in [3.05, 3.63) is 58.6 Å². The normalized spacial score (nSPS) is 10.2. The van der Waals surface area contributed by atoms with E-state index >= 15 is 0 Å². The summed E-state index contributed by atoms with van der Waals surface area (Å²) in [6.07, 6.45) is 3.38. The second-order valence-corrected chi connectivity index (χ2v) is 6.41. The topological polar surface area (TPSA) is 54.0 Å². The maximum atomic E-state index is 11.0. The van der Waals surface area contributed by atoms with Crippen LogP contribution in [0, 0.1) is 0 Å². The highest BCUT2D eigenvalue weighted by Gasteiger charge is 2.13. The highest BCUT2D eigenvalue weighted by Crippen LogP contribution is 2.36. The molecule has 0 N–H and O–H groups in total. The Morgan fingerprint density at radius 2 is 1.81 bits per heavy atom. The highest BCUT2D eigenvalue weighted by atomic mass is 79.9. The van der Waals surface area contributed by atoms with Gasteiger partial charge in [-0.25, -0.2) is 0 Å². The number of hydrogen-bond donors (Lipinski definition) is 0. The van der Waals surface area contributed by atoms with Crippen molar-refractivity contribution >= 4 is 22.2 Å². The zero-order chi connectivity index (χ0) is 19.6. The fraction of sp³-hybridized carbons (Fsp3) is 0.286. The predicted molar refractivity (Wildman–Crippen MR) is 109 cm³/mol. The van der Waals surface area contributed by atoms with Crippen LogP contribution in [0.4, 0.5) is 0 Å². The molecule has 0 aliphatic heterocycles. The Labute approximate surface area is 168 Å². The van der Waals surface area contributed by atoms with Crippen molar-refractivity contribution in [1.29, 1.82) is 0 Å². The Balaban J connectivity index is 2.01. The summed E-state index contributed by atoms with van der Waals surface area (Å²) in [5.41, 5.74) is 1.62. The molecule has 0 fully saturated rings. The molecule has 0 unspecified atom stereocenters. The standard InChI is InChI=1S/C21H23BrO5/c1-4-6-15-7-8-18(19(12-15)24-3)26-9-10-27-21-17(22)11-16(14-23)13-20(21)25-5-2/h4,7-8,11-14H,1,5-6,9-10H2,2-3H3. The third kappa shape index (κ3) is 5.76. The lowest BCUT2D eigenvalue weighted by Crippen LogP contribution is -2.11. The third-order valence-electron chi connectivity index (χ3n) is 3.66. The zero-order valence-corrected chi connectivity index (χ0v) is 17.1. The average Bonchev–Trinajstić information content (AvgIpc) is 2.67. The number of benzene rings is 2. The Hall–Kier alpha value is -2.47. The van der Waals surface area contributed by atoms with E-state index in [4.69, 9.17) is 18.9 Å². The number of rotatable bonds is 11. The van der Waals surface area contributed by atoms with Gasteiger partial charge in [0.1, 0.15) is 19.5 Å². The summed E-state index contributed by atoms with van der Waals surface area (Å²) < 4.78 is 23.2. The molecule has 0 aliphatic rings. The monoisotopic (exact) mass is 434 g/mol. The number of carbonyl (C=O) groups excluding carboxylic acids is 1. The van der Waals surface area contributed by atoms with E-state index in [1.54, 1.807) is 19.2 Å². The van der Waals surface area contributed by atoms with E-state index in [1.807, 2.05) is 31.2 Å². The number of carbonyl (C=O) groups is 1. The molecule has 0 aromatic heterocycles. The van der Waals surface area contributed by atoms with Crippen molar-refractivity contribution in [3.63, 3.8) is 0 Å². The zero-order valence-electron chi connectivity index (χ0n) is 15.5. The molecule has 0 saturated carbocycles. The lowest BCUT2D eigenvalue weighted by atomic mass is 10.1. The second-order valence-electron chi connectivity index (χ2n) is 5.56. The van der Waals surface area contributed by atoms with Crippen molar-refractivity contribution in [2.24, 2.45) is 0 Å². The first kappa shape index (κ1) is 20.8. The Morgan fingerprint density at radius 3 is 2.48 bits per heavy atom. The van der Waals surface area contributed by atoms with Gasteiger partial charge < -0.3 is 18.9 Å². The molecule has 0 heterocycles. The van der Waals surface area contributed by atoms with Crippen LogP contribution in [0.15, 0.2) is 47.5 Å². The van der Waals surface area contributed by atoms with Crippen LogP contribution in [0.2, 0.25) is 0 Å². The molecule has 2 aromatic rings. The van der Waals surface area contributed by atoms with Crippen molar-refractivity contribution in [2.75, 3.05) is 26.9 Å². The van der Waals surface area contributed by atoms with Gasteiger partial charge in [-0.2, -0.15) is 0 Å². The minimum absolute atomic E-state index is 0.302. The minimum atomic E-state index is 0.302. The van der Waals surface area contributed by atoms with E-state index in [0.717, 1.165) is 18.3 Å². The lowest BCUT2D eigenvalue weighted by Gasteiger charge is -2.15. The number of ether oxygens (including phenoxy) is 4. The van der Waals surface area contributed by atoms with E-state index in [1.165, 1.54) is 0 Å². The summed E-state index contributed by atoms with van der Waals surface area (Å²) in [5.74, 6) is 2.37. The van der Waals surface area contributed by atoms with Crippen molar-refractivity contribution in [3.8, 4) is 23.0 Å². The van der Waals surface area contributed by atoms with Crippen LogP contribution in [0.1, 0.15) is 22.8 Å². The molecule has 0 radical (unpaired) electrons. The van der Waals surface area contributed by atoms with Crippen molar-refractivity contribution in [2.45, 2.75) is 13.3 Å². The van der Waals surface area contributed by atoms with E-state index in [0.29, 0.717) is 52.9 Å². The SMILES string of the molecule is C=CCc1ccc(OCCOc2c(Br)cc(C=O)cc2OCC)c(OC)c1. The van der Waals surface area contributed by atoms with Crippen molar-refractivity contribution < 1.29 is 23.7 Å². The van der Waals surface area contributed by atoms with Gasteiger partial charge in [0, 0.05) is 5.56 Å². The summed E-state index contributed by atoms with van der Waals surface area (Å²) in [5, 5.41) is 0. The summed E-state index contributed by atoms with van der Waals surface area (Å²) in [4.78, 5) is 11.0. The average molecular weight is 435 g/mol. The first-order valence-electron chi connectivity index (χ1n) is 8.57. The summed E-state index contributed by atoms with van der Waals surface area (Å²) in [7, 11) is 1.61. The van der Waals surface area contributed by atoms with Gasteiger partial charge in [0.2, 0.25) is 0 Å². The number of methoxy groups -OCH3 is 1. The maximum absolute atomic E-state index is 11.0. The van der Waals surface area contributed by atoms with E-state index in [2.05, 4.69) is 22.5 Å². The van der Waals surface area contributed by atoms with Gasteiger partial charge in [-0.3, -0.25) is 4.79 Å². The lowest BCUT2D eigenvalue weighted by molar-refractivity contribution is 0.112. The fourth-order valence-corrected chi connectivity index (χ4v) is 3.05. The Kier molecular flexibility index (Phi) is 8.20. The van der Waals surface area contributed by atoms with Gasteiger partial charge in [0.25, 0.3) is 0 Å². The Morgan fingerprint density at radius 1 is 1.04 bits per heavy atom. The molecule has 0 saturated heterocycles. The number of aldehydes is 1. The van der Waals surface area contributed by atoms with Crippen LogP contribution < -0.4 is 18.9 Å². The maximum Gasteiger partial charge on any atom is 0.175 e. The summed E-state index contributed by atoms with van der Waals surface area (Å²) in [6.45, 7) is 6.71. The van der Waals surface area contributed by atoms with Crippen LogP contribution >= 0.6 is 15.9 Å². The molecule has 5 nitrogen and oxygen atoms in total. The first-order chi connectivity index (χ1) is 13.1. The van der Waals surface area contributed by atoms with Gasteiger partial charge in [-0.05, 0) is 59.1 Å². The molecule has 0 atom stereocenters. The second kappa shape index (κ2) is 10.6. The fourth-order valence-electron chi connectivity index (χ4n) is 2.48. The molecule has 0 amide bonds. The van der Waals surface area contributed by atoms with E-state index in [9.17, 15) is 4.79 Å². The molecule has 144 valence electrons. The number of hydrogen-bond acceptors (Lipinski definition) is 5. The van der Waals surface area contributed by atoms with Gasteiger partial charge in [-0.1, -0.05) is 12.1 Å². The van der Waals surface area contributed by atoms with Crippen LogP contribution in [0.25, 0.3) is 0 Å². The summed E-state index contributed by atoms with van der Waals surface area (Å²) >= 11 is 3.42. The smallest absolute Gasteiger partial charge is 0.175 e. The predicted octanol–water partition coefficient (Wildman–Crippen LogP) is 4.86. The van der Waals surface area contributed by atoms with Crippen molar-refractivity contribution in [1.82, 2.24) is 0 Å². The van der Waals surface area contributed by atoms with Gasteiger partial charge in [0.15, 0.2) is 23.0 Å². The number of allylic oxidation sites excluding steroid dienone is 1. The van der Waals surface area contributed by atoms with Crippen LogP contribution in [-0.4, -0.2) is 33.2 Å². The molecule has 27 heavy (non-hydrogen) atoms. The van der Waals surface area contributed by atoms with E-state index < -0.39 is 0 Å². The Bertz CT molecular complexity index is 788. The van der Waals surface area contributed by atoms with Gasteiger partial charge >= 0.3 is 0 Å². The molecular weight excluding hydrogens is 412 g/mol. The van der Waals surface area contributed by atoms with Crippen LogP contribution in [0.5, 0.6) is 23.0 Å². The molecule has 0 spiro atoms. The quantitative estimate of drug-likeness (QED) is 0.287. The van der Waals surface area contributed by atoms with Gasteiger partial charge in [0.05, 0.1) is 18.2 Å². The van der Waals surface area contributed by atoms with Crippen LogP contribution in [-0.2, 0) is 6.42 Å². The molecular formula is C21H23BrO5.